The van der Waals surface area contributed by atoms with Gasteiger partial charge in [-0.2, -0.15) is 0 Å². The SMILES string of the molecule is C[C@H]1CN[C@]12CCNC2.O=C(O)CCC(=O)O.O=C(O)CCC(=O)O. The highest BCUT2D eigenvalue weighted by molar-refractivity contribution is 5.75. The summed E-state index contributed by atoms with van der Waals surface area (Å²) in [5.74, 6) is -3.41. The zero-order valence-corrected chi connectivity index (χ0v) is 14.2. The van der Waals surface area contributed by atoms with E-state index < -0.39 is 23.9 Å². The van der Waals surface area contributed by atoms with Gasteiger partial charge in [0.05, 0.1) is 25.7 Å². The standard InChI is InChI=1S/C7H14N2.2C4H6O4/c1-6-4-9-7(6)2-3-8-5-7;2*5-3(6)1-2-4(7)8/h6,8-9H,2-5H2,1H3;2*1-2H2,(H,5,6)(H,7,8)/t6-,7-;;/m0../s1. The van der Waals surface area contributed by atoms with E-state index in [-0.39, 0.29) is 25.7 Å². The van der Waals surface area contributed by atoms with Crippen molar-refractivity contribution < 1.29 is 39.6 Å². The Bertz CT molecular complexity index is 418. The Morgan fingerprint density at radius 1 is 0.880 bits per heavy atom. The van der Waals surface area contributed by atoms with Crippen molar-refractivity contribution in [2.24, 2.45) is 5.92 Å². The van der Waals surface area contributed by atoms with Crippen LogP contribution in [0.15, 0.2) is 0 Å². The molecule has 0 radical (unpaired) electrons. The molecular weight excluding hydrogens is 336 g/mol. The first-order valence-corrected chi connectivity index (χ1v) is 7.92. The van der Waals surface area contributed by atoms with E-state index in [0.717, 1.165) is 5.92 Å². The van der Waals surface area contributed by atoms with E-state index in [1.165, 1.54) is 26.1 Å². The van der Waals surface area contributed by atoms with E-state index in [9.17, 15) is 19.2 Å². The van der Waals surface area contributed by atoms with E-state index in [4.69, 9.17) is 20.4 Å². The number of hydrogen-bond donors (Lipinski definition) is 6. The monoisotopic (exact) mass is 362 g/mol. The van der Waals surface area contributed by atoms with Crippen molar-refractivity contribution in [3.05, 3.63) is 0 Å². The maximum absolute atomic E-state index is 9.64. The summed E-state index contributed by atoms with van der Waals surface area (Å²) in [5, 5.41) is 38.5. The lowest BCUT2D eigenvalue weighted by atomic mass is 9.77. The molecule has 0 aliphatic carbocycles. The average molecular weight is 362 g/mol. The first-order chi connectivity index (χ1) is 11.6. The highest BCUT2D eigenvalue weighted by Crippen LogP contribution is 2.30. The molecule has 0 bridgehead atoms. The summed E-state index contributed by atoms with van der Waals surface area (Å²) in [5.41, 5.74) is 0.514. The van der Waals surface area contributed by atoms with Gasteiger partial charge in [0.2, 0.25) is 0 Å². The Hall–Kier alpha value is -2.20. The number of rotatable bonds is 6. The summed E-state index contributed by atoms with van der Waals surface area (Å²) in [6.07, 6.45) is 0.142. The first kappa shape index (κ1) is 22.8. The van der Waals surface area contributed by atoms with Crippen molar-refractivity contribution in [2.45, 2.75) is 44.6 Å². The van der Waals surface area contributed by atoms with E-state index in [1.54, 1.807) is 0 Å². The topological polar surface area (TPSA) is 173 Å². The van der Waals surface area contributed by atoms with Crippen molar-refractivity contribution in [1.29, 1.82) is 0 Å². The Morgan fingerprint density at radius 2 is 1.28 bits per heavy atom. The van der Waals surface area contributed by atoms with Crippen LogP contribution in [0.3, 0.4) is 0 Å². The summed E-state index contributed by atoms with van der Waals surface area (Å²) in [4.78, 5) is 38.6. The molecule has 25 heavy (non-hydrogen) atoms. The summed E-state index contributed by atoms with van der Waals surface area (Å²) in [6, 6.07) is 0. The highest BCUT2D eigenvalue weighted by atomic mass is 16.4. The molecule has 0 aromatic carbocycles. The second-order valence-corrected chi connectivity index (χ2v) is 5.94. The largest absolute Gasteiger partial charge is 0.481 e. The summed E-state index contributed by atoms with van der Waals surface area (Å²) < 4.78 is 0. The molecular formula is C15H26N2O8. The van der Waals surface area contributed by atoms with Crippen LogP contribution in [0.1, 0.15) is 39.0 Å². The number of hydrogen-bond acceptors (Lipinski definition) is 6. The van der Waals surface area contributed by atoms with E-state index in [0.29, 0.717) is 5.54 Å². The number of aliphatic carboxylic acids is 4. The molecule has 2 aliphatic rings. The molecule has 1 spiro atoms. The minimum atomic E-state index is -1.08. The Kier molecular flexibility index (Phi) is 10.4. The quantitative estimate of drug-likeness (QED) is 0.372. The molecule has 2 heterocycles. The Morgan fingerprint density at radius 3 is 1.40 bits per heavy atom. The Balaban J connectivity index is 0.000000348. The van der Waals surface area contributed by atoms with Gasteiger partial charge in [0.25, 0.3) is 0 Å². The van der Waals surface area contributed by atoms with Crippen LogP contribution in [0, 0.1) is 5.92 Å². The van der Waals surface area contributed by atoms with E-state index >= 15 is 0 Å². The van der Waals surface area contributed by atoms with Gasteiger partial charge in [-0.1, -0.05) is 6.92 Å². The fourth-order valence-corrected chi connectivity index (χ4v) is 2.31. The predicted octanol–water partition coefficient (Wildman–Crippen LogP) is -0.171. The normalized spacial score (nSPS) is 23.3. The van der Waals surface area contributed by atoms with Gasteiger partial charge in [-0.15, -0.1) is 0 Å². The van der Waals surface area contributed by atoms with Gasteiger partial charge in [-0.3, -0.25) is 19.2 Å². The lowest BCUT2D eigenvalue weighted by Gasteiger charge is -2.46. The smallest absolute Gasteiger partial charge is 0.303 e. The number of nitrogens with one attached hydrogen (secondary N) is 2. The highest BCUT2D eigenvalue weighted by Gasteiger charge is 2.45. The molecule has 0 aromatic heterocycles. The van der Waals surface area contributed by atoms with Gasteiger partial charge in [0, 0.05) is 18.6 Å². The molecule has 2 atom stereocenters. The van der Waals surface area contributed by atoms with Crippen molar-refractivity contribution in [3.8, 4) is 0 Å². The molecule has 0 unspecified atom stereocenters. The van der Waals surface area contributed by atoms with Crippen molar-refractivity contribution in [2.75, 3.05) is 19.6 Å². The van der Waals surface area contributed by atoms with Gasteiger partial charge in [-0.05, 0) is 18.9 Å². The number of carboxylic acid groups (broad SMARTS) is 4. The summed E-state index contributed by atoms with van der Waals surface area (Å²) in [6.45, 7) is 5.96. The molecule has 10 nitrogen and oxygen atoms in total. The zero-order valence-electron chi connectivity index (χ0n) is 14.2. The maximum Gasteiger partial charge on any atom is 0.303 e. The van der Waals surface area contributed by atoms with E-state index in [2.05, 4.69) is 17.6 Å². The van der Waals surface area contributed by atoms with Crippen LogP contribution in [-0.4, -0.2) is 69.5 Å². The first-order valence-electron chi connectivity index (χ1n) is 7.92. The van der Waals surface area contributed by atoms with Crippen LogP contribution in [-0.2, 0) is 19.2 Å². The van der Waals surface area contributed by atoms with Crippen LogP contribution in [0.2, 0.25) is 0 Å². The molecule has 2 fully saturated rings. The zero-order chi connectivity index (χ0) is 19.5. The van der Waals surface area contributed by atoms with Gasteiger partial charge in [0.15, 0.2) is 0 Å². The Labute approximate surface area is 145 Å². The molecule has 144 valence electrons. The molecule has 0 amide bonds. The molecule has 6 N–H and O–H groups in total. The third-order valence-electron chi connectivity index (χ3n) is 4.00. The van der Waals surface area contributed by atoms with Crippen LogP contribution in [0.4, 0.5) is 0 Å². The third-order valence-corrected chi connectivity index (χ3v) is 4.00. The third kappa shape index (κ3) is 10.3. The molecule has 2 rings (SSSR count). The molecule has 0 aromatic rings. The fraction of sp³-hybridized carbons (Fsp3) is 0.733. The van der Waals surface area contributed by atoms with Gasteiger partial charge in [0.1, 0.15) is 0 Å². The van der Waals surface area contributed by atoms with Crippen LogP contribution < -0.4 is 10.6 Å². The average Bonchev–Trinajstić information content (AvgIpc) is 3.03. The van der Waals surface area contributed by atoms with Crippen molar-refractivity contribution >= 4 is 23.9 Å². The van der Waals surface area contributed by atoms with E-state index in [1.807, 2.05) is 0 Å². The van der Waals surface area contributed by atoms with Crippen molar-refractivity contribution in [3.63, 3.8) is 0 Å². The molecule has 0 saturated carbocycles. The number of carbonyl (C=O) groups is 4. The minimum absolute atomic E-state index is 0.296. The lowest BCUT2D eigenvalue weighted by molar-refractivity contribution is -0.143. The predicted molar refractivity (Wildman–Crippen MR) is 86.4 cm³/mol. The molecule has 2 saturated heterocycles. The van der Waals surface area contributed by atoms with Gasteiger partial charge >= 0.3 is 23.9 Å². The van der Waals surface area contributed by atoms with Gasteiger partial charge < -0.3 is 31.1 Å². The maximum atomic E-state index is 9.64. The van der Waals surface area contributed by atoms with Crippen molar-refractivity contribution in [1.82, 2.24) is 10.6 Å². The lowest BCUT2D eigenvalue weighted by Crippen LogP contribution is -2.65. The van der Waals surface area contributed by atoms with Gasteiger partial charge in [-0.25, -0.2) is 0 Å². The summed E-state index contributed by atoms with van der Waals surface area (Å²) >= 11 is 0. The number of carboxylic acids is 4. The van der Waals surface area contributed by atoms with Crippen LogP contribution >= 0.6 is 0 Å². The minimum Gasteiger partial charge on any atom is -0.481 e. The summed E-state index contributed by atoms with van der Waals surface area (Å²) in [7, 11) is 0. The second-order valence-electron chi connectivity index (χ2n) is 5.94. The fourth-order valence-electron chi connectivity index (χ4n) is 2.31. The molecule has 2 aliphatic heterocycles. The van der Waals surface area contributed by atoms with Crippen LogP contribution in [0.5, 0.6) is 0 Å². The second kappa shape index (κ2) is 11.4. The van der Waals surface area contributed by atoms with Crippen LogP contribution in [0.25, 0.3) is 0 Å². The molecule has 10 heteroatoms.